The first kappa shape index (κ1) is 23.7. The van der Waals surface area contributed by atoms with E-state index >= 15 is 0 Å². The Labute approximate surface area is 208 Å². The fraction of sp³-hybridized carbons (Fsp3) is 0.222. The minimum atomic E-state index is -3.89. The van der Waals surface area contributed by atoms with Crippen molar-refractivity contribution in [3.63, 3.8) is 0 Å². The van der Waals surface area contributed by atoms with Gasteiger partial charge in [0, 0.05) is 22.8 Å². The Balaban J connectivity index is 1.44. The van der Waals surface area contributed by atoms with Gasteiger partial charge < -0.3 is 4.90 Å². The normalized spacial score (nSPS) is 13.9. The summed E-state index contributed by atoms with van der Waals surface area (Å²) < 4.78 is 42.4. The van der Waals surface area contributed by atoms with E-state index in [1.54, 1.807) is 35.2 Å². The molecule has 0 bridgehead atoms. The van der Waals surface area contributed by atoms with Crippen molar-refractivity contribution in [2.75, 3.05) is 6.54 Å². The van der Waals surface area contributed by atoms with Crippen LogP contribution in [-0.4, -0.2) is 36.1 Å². The molecule has 1 heterocycles. The number of rotatable bonds is 9. The number of amides is 1. The van der Waals surface area contributed by atoms with Gasteiger partial charge in [0.1, 0.15) is 5.82 Å². The number of benzene rings is 3. The molecule has 1 fully saturated rings. The molecule has 4 aromatic rings. The van der Waals surface area contributed by atoms with Crippen molar-refractivity contribution in [2.45, 2.75) is 36.9 Å². The lowest BCUT2D eigenvalue weighted by Gasteiger charge is -2.27. The minimum Gasteiger partial charge on any atom is -0.332 e. The first-order valence-corrected chi connectivity index (χ1v) is 13.8. The zero-order valence-electron chi connectivity index (χ0n) is 19.0. The first-order valence-electron chi connectivity index (χ1n) is 11.5. The number of halogens is 1. The summed E-state index contributed by atoms with van der Waals surface area (Å²) in [5.74, 6) is -0.621. The van der Waals surface area contributed by atoms with Crippen LogP contribution in [0.1, 0.15) is 23.3 Å². The van der Waals surface area contributed by atoms with E-state index in [4.69, 9.17) is 0 Å². The average molecular weight is 509 g/mol. The number of nitrogens with zero attached hydrogens (tertiary/aromatic N) is 2. The Morgan fingerprint density at radius 3 is 2.37 bits per heavy atom. The van der Waals surface area contributed by atoms with Gasteiger partial charge >= 0.3 is 0 Å². The van der Waals surface area contributed by atoms with Crippen LogP contribution in [0, 0.1) is 5.82 Å². The van der Waals surface area contributed by atoms with Crippen molar-refractivity contribution in [3.8, 4) is 0 Å². The van der Waals surface area contributed by atoms with Crippen molar-refractivity contribution in [3.05, 3.63) is 101 Å². The maximum Gasteiger partial charge on any atom is 0.244 e. The maximum absolute atomic E-state index is 13.8. The Morgan fingerprint density at radius 1 is 0.914 bits per heavy atom. The van der Waals surface area contributed by atoms with Crippen LogP contribution in [0.25, 0.3) is 10.8 Å². The summed E-state index contributed by atoms with van der Waals surface area (Å²) in [5.41, 5.74) is 0.784. The van der Waals surface area contributed by atoms with Crippen LogP contribution in [-0.2, 0) is 27.9 Å². The minimum absolute atomic E-state index is 0.183. The van der Waals surface area contributed by atoms with Crippen molar-refractivity contribution in [2.24, 2.45) is 0 Å². The van der Waals surface area contributed by atoms with E-state index < -0.39 is 10.0 Å². The fourth-order valence-corrected chi connectivity index (χ4v) is 6.76. The Morgan fingerprint density at radius 2 is 1.66 bits per heavy atom. The maximum atomic E-state index is 13.8. The molecule has 0 atom stereocenters. The summed E-state index contributed by atoms with van der Waals surface area (Å²) >= 11 is 1.54. The highest BCUT2D eigenvalue weighted by molar-refractivity contribution is 7.89. The lowest BCUT2D eigenvalue weighted by atomic mass is 10.1. The van der Waals surface area contributed by atoms with Crippen LogP contribution >= 0.6 is 11.3 Å². The number of hydrogen-bond acceptors (Lipinski definition) is 4. The van der Waals surface area contributed by atoms with Crippen LogP contribution in [0.3, 0.4) is 0 Å². The van der Waals surface area contributed by atoms with E-state index in [1.807, 2.05) is 41.8 Å². The molecule has 1 aliphatic carbocycles. The first-order chi connectivity index (χ1) is 16.9. The summed E-state index contributed by atoms with van der Waals surface area (Å²) in [4.78, 5) is 16.4. The second kappa shape index (κ2) is 9.89. The van der Waals surface area contributed by atoms with Gasteiger partial charge in [-0.2, -0.15) is 4.31 Å². The quantitative estimate of drug-likeness (QED) is 0.303. The molecular weight excluding hydrogens is 483 g/mol. The molecule has 0 N–H and O–H groups in total. The molecule has 180 valence electrons. The second-order valence-corrected chi connectivity index (χ2v) is 11.6. The molecule has 8 heteroatoms. The molecule has 0 saturated heterocycles. The highest BCUT2D eigenvalue weighted by Crippen LogP contribution is 2.34. The molecule has 0 radical (unpaired) electrons. The number of fused-ring (bicyclic) bond motifs is 1. The van der Waals surface area contributed by atoms with Gasteiger partial charge in [-0.1, -0.05) is 54.6 Å². The van der Waals surface area contributed by atoms with Gasteiger partial charge in [0.2, 0.25) is 15.9 Å². The van der Waals surface area contributed by atoms with E-state index in [2.05, 4.69) is 0 Å². The Bertz CT molecular complexity index is 1430. The molecule has 35 heavy (non-hydrogen) atoms. The van der Waals surface area contributed by atoms with Crippen LogP contribution < -0.4 is 0 Å². The third-order valence-corrected chi connectivity index (χ3v) is 8.97. The average Bonchev–Trinajstić information content (AvgIpc) is 3.57. The summed E-state index contributed by atoms with van der Waals surface area (Å²) in [7, 11) is -3.89. The fourth-order valence-electron chi connectivity index (χ4n) is 4.19. The van der Waals surface area contributed by atoms with E-state index in [0.717, 1.165) is 28.7 Å². The molecular formula is C27H25FN2O3S2. The number of thiophene rings is 1. The standard InChI is InChI=1S/C27H25FN2O3S2/c28-22-12-10-20(11-13-22)17-29(18-24-7-4-16-34-24)27(31)19-30(23-14-15-23)35(32,33)26-9-3-6-21-5-1-2-8-25(21)26/h1-13,16,23H,14-15,17-19H2. The highest BCUT2D eigenvalue weighted by atomic mass is 32.2. The highest BCUT2D eigenvalue weighted by Gasteiger charge is 2.40. The molecule has 1 aliphatic rings. The van der Waals surface area contributed by atoms with Gasteiger partial charge in [-0.05, 0) is 53.4 Å². The molecule has 3 aromatic carbocycles. The zero-order valence-corrected chi connectivity index (χ0v) is 20.6. The van der Waals surface area contributed by atoms with Gasteiger partial charge in [-0.25, -0.2) is 12.8 Å². The number of hydrogen-bond donors (Lipinski definition) is 0. The van der Waals surface area contributed by atoms with E-state index in [0.29, 0.717) is 11.9 Å². The molecule has 1 aromatic heterocycles. The molecule has 5 nitrogen and oxygen atoms in total. The third-order valence-electron chi connectivity index (χ3n) is 6.15. The predicted octanol–water partition coefficient (Wildman–Crippen LogP) is 5.42. The molecule has 5 rings (SSSR count). The molecule has 1 amide bonds. The van der Waals surface area contributed by atoms with Gasteiger partial charge in [0.25, 0.3) is 0 Å². The largest absolute Gasteiger partial charge is 0.332 e. The van der Waals surface area contributed by atoms with E-state index in [1.165, 1.54) is 27.8 Å². The van der Waals surface area contributed by atoms with Crippen LogP contribution in [0.5, 0.6) is 0 Å². The topological polar surface area (TPSA) is 57.7 Å². The van der Waals surface area contributed by atoms with Gasteiger partial charge in [-0.3, -0.25) is 4.79 Å². The Kier molecular flexibility index (Phi) is 6.69. The number of carbonyl (C=O) groups excluding carboxylic acids is 1. The zero-order chi connectivity index (χ0) is 24.4. The number of carbonyl (C=O) groups is 1. The van der Waals surface area contributed by atoms with Crippen molar-refractivity contribution < 1.29 is 17.6 Å². The van der Waals surface area contributed by atoms with E-state index in [-0.39, 0.29) is 35.8 Å². The summed E-state index contributed by atoms with van der Waals surface area (Å²) in [6.45, 7) is 0.396. The monoisotopic (exact) mass is 508 g/mol. The molecule has 0 aliphatic heterocycles. The van der Waals surface area contributed by atoms with E-state index in [9.17, 15) is 17.6 Å². The predicted molar refractivity (Wildman–Crippen MR) is 136 cm³/mol. The summed E-state index contributed by atoms with van der Waals surface area (Å²) in [6.07, 6.45) is 1.47. The molecule has 0 unspecified atom stereocenters. The van der Waals surface area contributed by atoms with Gasteiger partial charge in [0.05, 0.1) is 18.0 Å². The van der Waals surface area contributed by atoms with Gasteiger partial charge in [-0.15, -0.1) is 11.3 Å². The lowest BCUT2D eigenvalue weighted by Crippen LogP contribution is -2.43. The van der Waals surface area contributed by atoms with Crippen LogP contribution in [0.2, 0.25) is 0 Å². The molecule has 0 spiro atoms. The van der Waals surface area contributed by atoms with Crippen LogP contribution in [0.4, 0.5) is 4.39 Å². The third kappa shape index (κ3) is 5.29. The van der Waals surface area contributed by atoms with Crippen LogP contribution in [0.15, 0.2) is 89.1 Å². The van der Waals surface area contributed by atoms with Crippen molar-refractivity contribution in [1.29, 1.82) is 0 Å². The summed E-state index contributed by atoms with van der Waals surface area (Å²) in [5, 5.41) is 3.43. The van der Waals surface area contributed by atoms with Crippen molar-refractivity contribution in [1.82, 2.24) is 9.21 Å². The SMILES string of the molecule is O=C(CN(C1CC1)S(=O)(=O)c1cccc2ccccc12)N(Cc1ccc(F)cc1)Cc1cccs1. The Hall–Kier alpha value is -3.07. The second-order valence-electron chi connectivity index (χ2n) is 8.71. The van der Waals surface area contributed by atoms with Gasteiger partial charge in [0.15, 0.2) is 0 Å². The molecule has 1 saturated carbocycles. The lowest BCUT2D eigenvalue weighted by molar-refractivity contribution is -0.132. The smallest absolute Gasteiger partial charge is 0.244 e. The number of sulfonamides is 1. The summed E-state index contributed by atoms with van der Waals surface area (Å²) in [6, 6.07) is 22.3. The van der Waals surface area contributed by atoms with Crippen molar-refractivity contribution >= 4 is 38.0 Å².